The van der Waals surface area contributed by atoms with Crippen molar-refractivity contribution in [1.29, 1.82) is 0 Å². The Bertz CT molecular complexity index is 1140. The van der Waals surface area contributed by atoms with E-state index in [0.717, 1.165) is 27.8 Å². The summed E-state index contributed by atoms with van der Waals surface area (Å²) < 4.78 is 5.22. The summed E-state index contributed by atoms with van der Waals surface area (Å²) in [4.78, 5) is 29.3. The standard InChI is InChI=1S/C23H21N3O4/c27-22(28)13-30-17-6-3-15(4-7-17)20-12-19(14-1-2-14)18-8-5-16(11-21(18)25-20)26-10-9-24-23(26)29/h3-8,11-12,14H,1-2,9-10,13H2,(H,24,29)(H,27,28). The molecule has 1 saturated carbocycles. The summed E-state index contributed by atoms with van der Waals surface area (Å²) in [5.41, 5.74) is 4.81. The maximum Gasteiger partial charge on any atom is 0.341 e. The molecule has 1 aliphatic heterocycles. The normalized spacial score (nSPS) is 16.0. The first kappa shape index (κ1) is 18.4. The first-order valence-electron chi connectivity index (χ1n) is 10.0. The molecule has 2 amide bonds. The van der Waals surface area contributed by atoms with Crippen LogP contribution < -0.4 is 15.0 Å². The smallest absolute Gasteiger partial charge is 0.341 e. The quantitative estimate of drug-likeness (QED) is 0.654. The number of nitrogens with one attached hydrogen (secondary N) is 1. The van der Waals surface area contributed by atoms with Gasteiger partial charge in [0.05, 0.1) is 11.2 Å². The number of carbonyl (C=O) groups excluding carboxylic acids is 1. The van der Waals surface area contributed by atoms with Crippen LogP contribution >= 0.6 is 0 Å². The van der Waals surface area contributed by atoms with E-state index < -0.39 is 5.97 Å². The van der Waals surface area contributed by atoms with Crippen LogP contribution in [0.4, 0.5) is 10.5 Å². The number of aliphatic carboxylic acids is 1. The maximum absolute atomic E-state index is 12.1. The Hall–Kier alpha value is -3.61. The van der Waals surface area contributed by atoms with Gasteiger partial charge in [-0.3, -0.25) is 4.90 Å². The molecule has 5 rings (SSSR count). The molecule has 7 heteroatoms. The summed E-state index contributed by atoms with van der Waals surface area (Å²) in [6.45, 7) is 0.928. The Morgan fingerprint density at radius 2 is 1.97 bits per heavy atom. The van der Waals surface area contributed by atoms with Crippen molar-refractivity contribution in [2.45, 2.75) is 18.8 Å². The molecule has 1 aliphatic carbocycles. The number of benzene rings is 2. The Kier molecular flexibility index (Phi) is 4.50. The minimum absolute atomic E-state index is 0.0788. The van der Waals surface area contributed by atoms with Crippen LogP contribution in [0, 0.1) is 0 Å². The van der Waals surface area contributed by atoms with Gasteiger partial charge in [-0.05, 0) is 66.8 Å². The predicted octanol–water partition coefficient (Wildman–Crippen LogP) is 3.77. The number of anilines is 1. The lowest BCUT2D eigenvalue weighted by Gasteiger charge is -2.16. The molecule has 2 heterocycles. The third kappa shape index (κ3) is 3.54. The van der Waals surface area contributed by atoms with Crippen molar-refractivity contribution in [2.24, 2.45) is 0 Å². The van der Waals surface area contributed by atoms with Gasteiger partial charge in [0.2, 0.25) is 0 Å². The number of ether oxygens (including phenoxy) is 1. The monoisotopic (exact) mass is 403 g/mol. The van der Waals surface area contributed by atoms with Crippen LogP contribution in [0.2, 0.25) is 0 Å². The number of fused-ring (bicyclic) bond motifs is 1. The van der Waals surface area contributed by atoms with Crippen LogP contribution in [-0.4, -0.2) is 41.8 Å². The molecule has 1 saturated heterocycles. The molecular formula is C23H21N3O4. The van der Waals surface area contributed by atoms with Crippen LogP contribution in [0.25, 0.3) is 22.2 Å². The van der Waals surface area contributed by atoms with Crippen molar-refractivity contribution in [1.82, 2.24) is 10.3 Å². The van der Waals surface area contributed by atoms with Crippen molar-refractivity contribution in [3.05, 3.63) is 54.1 Å². The molecular weight excluding hydrogens is 382 g/mol. The molecule has 3 aromatic rings. The zero-order valence-electron chi connectivity index (χ0n) is 16.3. The van der Waals surface area contributed by atoms with E-state index in [1.807, 2.05) is 24.3 Å². The van der Waals surface area contributed by atoms with E-state index in [1.54, 1.807) is 17.0 Å². The lowest BCUT2D eigenvalue weighted by atomic mass is 10.0. The lowest BCUT2D eigenvalue weighted by molar-refractivity contribution is -0.139. The van der Waals surface area contributed by atoms with E-state index in [-0.39, 0.29) is 12.6 Å². The van der Waals surface area contributed by atoms with Gasteiger partial charge >= 0.3 is 12.0 Å². The molecule has 2 aliphatic rings. The van der Waals surface area contributed by atoms with Crippen molar-refractivity contribution in [3.8, 4) is 17.0 Å². The average molecular weight is 403 g/mol. The zero-order valence-corrected chi connectivity index (χ0v) is 16.3. The fourth-order valence-electron chi connectivity index (χ4n) is 3.88. The molecule has 0 radical (unpaired) electrons. The van der Waals surface area contributed by atoms with Gasteiger partial charge in [0, 0.05) is 29.7 Å². The second-order valence-electron chi connectivity index (χ2n) is 7.66. The van der Waals surface area contributed by atoms with E-state index in [2.05, 4.69) is 17.4 Å². The van der Waals surface area contributed by atoms with Gasteiger partial charge in [-0.2, -0.15) is 0 Å². The number of urea groups is 1. The number of pyridine rings is 1. The van der Waals surface area contributed by atoms with Crippen LogP contribution in [0.1, 0.15) is 24.3 Å². The van der Waals surface area contributed by atoms with E-state index in [0.29, 0.717) is 24.8 Å². The number of carboxylic acid groups (broad SMARTS) is 1. The summed E-state index contributed by atoms with van der Waals surface area (Å²) in [7, 11) is 0. The SMILES string of the molecule is O=C(O)COc1ccc(-c2cc(C3CC3)c3ccc(N4CCNC4=O)cc3n2)cc1. The molecule has 0 bridgehead atoms. The number of rotatable bonds is 6. The molecule has 2 N–H and O–H groups in total. The van der Waals surface area contributed by atoms with Gasteiger partial charge in [0.1, 0.15) is 5.75 Å². The summed E-state index contributed by atoms with van der Waals surface area (Å²) >= 11 is 0. The van der Waals surface area contributed by atoms with Crippen molar-refractivity contribution < 1.29 is 19.4 Å². The van der Waals surface area contributed by atoms with Crippen LogP contribution in [0.5, 0.6) is 5.75 Å². The van der Waals surface area contributed by atoms with Crippen molar-refractivity contribution in [3.63, 3.8) is 0 Å². The predicted molar refractivity (Wildman–Crippen MR) is 113 cm³/mol. The van der Waals surface area contributed by atoms with E-state index in [1.165, 1.54) is 18.4 Å². The highest BCUT2D eigenvalue weighted by molar-refractivity contribution is 5.97. The van der Waals surface area contributed by atoms with Crippen LogP contribution in [0.3, 0.4) is 0 Å². The molecule has 30 heavy (non-hydrogen) atoms. The number of carboxylic acids is 1. The fourth-order valence-corrected chi connectivity index (χ4v) is 3.88. The minimum Gasteiger partial charge on any atom is -0.482 e. The average Bonchev–Trinajstić information content (AvgIpc) is 3.51. The molecule has 7 nitrogen and oxygen atoms in total. The molecule has 0 unspecified atom stereocenters. The molecule has 0 spiro atoms. The molecule has 152 valence electrons. The van der Waals surface area contributed by atoms with Gasteiger partial charge in [-0.25, -0.2) is 14.6 Å². The number of aromatic nitrogens is 1. The largest absolute Gasteiger partial charge is 0.482 e. The van der Waals surface area contributed by atoms with Gasteiger partial charge < -0.3 is 15.2 Å². The Morgan fingerprint density at radius 1 is 1.17 bits per heavy atom. The van der Waals surface area contributed by atoms with Gasteiger partial charge in [0.15, 0.2) is 6.61 Å². The summed E-state index contributed by atoms with van der Waals surface area (Å²) in [6.07, 6.45) is 2.35. The van der Waals surface area contributed by atoms with E-state index in [4.69, 9.17) is 14.8 Å². The molecule has 0 atom stereocenters. The minimum atomic E-state index is -1.01. The number of hydrogen-bond donors (Lipinski definition) is 2. The highest BCUT2D eigenvalue weighted by Gasteiger charge is 2.27. The Labute approximate surface area is 173 Å². The summed E-state index contributed by atoms with van der Waals surface area (Å²) in [5.74, 6) is 0.0480. The molecule has 1 aromatic heterocycles. The van der Waals surface area contributed by atoms with E-state index >= 15 is 0 Å². The highest BCUT2D eigenvalue weighted by Crippen LogP contribution is 2.44. The first-order chi connectivity index (χ1) is 14.6. The second kappa shape index (κ2) is 7.33. The molecule has 2 fully saturated rings. The van der Waals surface area contributed by atoms with Crippen LogP contribution in [0.15, 0.2) is 48.5 Å². The van der Waals surface area contributed by atoms with E-state index in [9.17, 15) is 9.59 Å². The second-order valence-corrected chi connectivity index (χ2v) is 7.66. The van der Waals surface area contributed by atoms with Crippen molar-refractivity contribution in [2.75, 3.05) is 24.6 Å². The highest BCUT2D eigenvalue weighted by atomic mass is 16.5. The number of amides is 2. The maximum atomic E-state index is 12.1. The van der Waals surface area contributed by atoms with Gasteiger partial charge in [-0.1, -0.05) is 6.07 Å². The third-order valence-corrected chi connectivity index (χ3v) is 5.52. The number of hydrogen-bond acceptors (Lipinski definition) is 4. The number of carbonyl (C=O) groups is 2. The summed E-state index contributed by atoms with van der Waals surface area (Å²) in [5, 5.41) is 12.7. The third-order valence-electron chi connectivity index (χ3n) is 5.52. The Morgan fingerprint density at radius 3 is 2.63 bits per heavy atom. The first-order valence-corrected chi connectivity index (χ1v) is 10.0. The summed E-state index contributed by atoms with van der Waals surface area (Å²) in [6, 6.07) is 15.4. The van der Waals surface area contributed by atoms with Gasteiger partial charge in [0.25, 0.3) is 0 Å². The molecule has 2 aromatic carbocycles. The van der Waals surface area contributed by atoms with Crippen molar-refractivity contribution >= 4 is 28.6 Å². The topological polar surface area (TPSA) is 91.8 Å². The van der Waals surface area contributed by atoms with Gasteiger partial charge in [-0.15, -0.1) is 0 Å². The fraction of sp³-hybridized carbons (Fsp3) is 0.261. The zero-order chi connectivity index (χ0) is 20.7. The Balaban J connectivity index is 1.53. The lowest BCUT2D eigenvalue weighted by Crippen LogP contribution is -2.27. The number of nitrogens with zero attached hydrogens (tertiary/aromatic N) is 2. The van der Waals surface area contributed by atoms with Crippen LogP contribution in [-0.2, 0) is 4.79 Å².